The Kier molecular flexibility index (Phi) is 4.95. The highest BCUT2D eigenvalue weighted by atomic mass is 16.7. The number of hydrogen-bond acceptors (Lipinski definition) is 3. The summed E-state index contributed by atoms with van der Waals surface area (Å²) >= 11 is 0. The lowest BCUT2D eigenvalue weighted by atomic mass is 9.63. The molecule has 3 aromatic carbocycles. The molecule has 5 rings (SSSR count). The van der Waals surface area contributed by atoms with Crippen LogP contribution in [0.3, 0.4) is 0 Å². The Morgan fingerprint density at radius 3 is 2.35 bits per heavy atom. The molecule has 1 fully saturated rings. The highest BCUT2D eigenvalue weighted by Gasteiger charge is 2.57. The number of para-hydroxylation sites is 1. The van der Waals surface area contributed by atoms with Crippen molar-refractivity contribution in [3.05, 3.63) is 102 Å². The predicted octanol–water partition coefficient (Wildman–Crippen LogP) is 5.77. The first-order valence-corrected chi connectivity index (χ1v) is 10.8. The van der Waals surface area contributed by atoms with Gasteiger partial charge in [-0.2, -0.15) is 0 Å². The molecule has 1 amide bonds. The smallest absolute Gasteiger partial charge is 0.249 e. The zero-order valence-corrected chi connectivity index (χ0v) is 17.9. The summed E-state index contributed by atoms with van der Waals surface area (Å²) in [5.41, 5.74) is 4.88. The third-order valence-corrected chi connectivity index (χ3v) is 6.62. The zero-order valence-electron chi connectivity index (χ0n) is 17.9. The molecule has 0 saturated carbocycles. The fraction of sp³-hybridized carbons (Fsp3) is 0.259. The SMILES string of the molecule is CC1=Nc2ccccc2[C@@]12C[C@@H](C)C(=O)N(OCc1ccccc1)[C@H]2c1ccccc1. The van der Waals surface area contributed by atoms with E-state index < -0.39 is 5.41 Å². The molecule has 2 aliphatic heterocycles. The van der Waals surface area contributed by atoms with Gasteiger partial charge in [-0.05, 0) is 36.1 Å². The van der Waals surface area contributed by atoms with Crippen LogP contribution in [0.5, 0.6) is 0 Å². The minimum atomic E-state index is -0.415. The fourth-order valence-corrected chi connectivity index (χ4v) is 5.16. The molecule has 3 aromatic rings. The van der Waals surface area contributed by atoms with E-state index in [0.717, 1.165) is 22.5 Å². The summed E-state index contributed by atoms with van der Waals surface area (Å²) in [4.78, 5) is 24.7. The van der Waals surface area contributed by atoms with Crippen molar-refractivity contribution in [2.24, 2.45) is 10.9 Å². The van der Waals surface area contributed by atoms with Crippen molar-refractivity contribution >= 4 is 17.3 Å². The van der Waals surface area contributed by atoms with Crippen LogP contribution in [0, 0.1) is 5.92 Å². The van der Waals surface area contributed by atoms with Gasteiger partial charge in [0.05, 0.1) is 17.1 Å². The summed E-state index contributed by atoms with van der Waals surface area (Å²) in [5, 5.41) is 1.64. The second-order valence-electron chi connectivity index (χ2n) is 8.53. The van der Waals surface area contributed by atoms with E-state index >= 15 is 0 Å². The number of carbonyl (C=O) groups is 1. The minimum absolute atomic E-state index is 0.0209. The number of aliphatic imine (C=N–C) groups is 1. The van der Waals surface area contributed by atoms with Crippen molar-refractivity contribution < 1.29 is 9.63 Å². The van der Waals surface area contributed by atoms with E-state index in [-0.39, 0.29) is 17.9 Å². The number of carbonyl (C=O) groups excluding carboxylic acids is 1. The molecule has 0 bridgehead atoms. The highest BCUT2D eigenvalue weighted by Crippen LogP contribution is 2.56. The number of nitrogens with zero attached hydrogens (tertiary/aromatic N) is 2. The van der Waals surface area contributed by atoms with Gasteiger partial charge in [-0.3, -0.25) is 14.6 Å². The first-order chi connectivity index (χ1) is 15.1. The molecule has 0 radical (unpaired) electrons. The Morgan fingerprint density at radius 1 is 0.968 bits per heavy atom. The zero-order chi connectivity index (χ0) is 21.4. The second kappa shape index (κ2) is 7.78. The number of benzene rings is 3. The molecule has 31 heavy (non-hydrogen) atoms. The molecule has 156 valence electrons. The molecule has 0 N–H and O–H groups in total. The van der Waals surface area contributed by atoms with Gasteiger partial charge in [0.1, 0.15) is 6.61 Å². The molecule has 2 heterocycles. The van der Waals surface area contributed by atoms with Gasteiger partial charge in [0.15, 0.2) is 0 Å². The summed E-state index contributed by atoms with van der Waals surface area (Å²) < 4.78 is 0. The first kappa shape index (κ1) is 19.7. The third kappa shape index (κ3) is 3.19. The van der Waals surface area contributed by atoms with Crippen molar-refractivity contribution in [1.82, 2.24) is 5.06 Å². The lowest BCUT2D eigenvalue weighted by molar-refractivity contribution is -0.226. The maximum absolute atomic E-state index is 13.5. The van der Waals surface area contributed by atoms with E-state index in [0.29, 0.717) is 13.0 Å². The molecule has 0 aromatic heterocycles. The third-order valence-electron chi connectivity index (χ3n) is 6.62. The number of amides is 1. The predicted molar refractivity (Wildman–Crippen MR) is 122 cm³/mol. The summed E-state index contributed by atoms with van der Waals surface area (Å²) in [6.07, 6.45) is 0.711. The van der Waals surface area contributed by atoms with Crippen molar-refractivity contribution in [3.8, 4) is 0 Å². The standard InChI is InChI=1S/C27H26N2O2/c1-19-17-27(20(2)28-24-16-10-9-15-23(24)27)25(22-13-7-4-8-14-22)29(26(19)30)31-18-21-11-5-3-6-12-21/h3-16,19,25H,17-18H2,1-2H3/t19-,25+,27-/m1/s1. The van der Waals surface area contributed by atoms with Gasteiger partial charge >= 0.3 is 0 Å². The lowest BCUT2D eigenvalue weighted by Gasteiger charge is -2.49. The molecule has 4 heteroatoms. The topological polar surface area (TPSA) is 41.9 Å². The van der Waals surface area contributed by atoms with Crippen molar-refractivity contribution in [3.63, 3.8) is 0 Å². The van der Waals surface area contributed by atoms with Crippen LogP contribution in [-0.2, 0) is 21.7 Å². The quantitative estimate of drug-likeness (QED) is 0.548. The Bertz CT molecular complexity index is 1130. The van der Waals surface area contributed by atoms with E-state index in [4.69, 9.17) is 9.83 Å². The average molecular weight is 411 g/mol. The van der Waals surface area contributed by atoms with Gasteiger partial charge in [-0.15, -0.1) is 0 Å². The maximum Gasteiger partial charge on any atom is 0.249 e. The molecular weight excluding hydrogens is 384 g/mol. The first-order valence-electron chi connectivity index (χ1n) is 10.8. The number of fused-ring (bicyclic) bond motifs is 2. The molecule has 3 atom stereocenters. The van der Waals surface area contributed by atoms with Gasteiger partial charge < -0.3 is 0 Å². The summed E-state index contributed by atoms with van der Waals surface area (Å²) in [6, 6.07) is 28.2. The van der Waals surface area contributed by atoms with Crippen LogP contribution in [0.25, 0.3) is 0 Å². The van der Waals surface area contributed by atoms with Crippen LogP contribution in [0.15, 0.2) is 89.9 Å². The van der Waals surface area contributed by atoms with Crippen molar-refractivity contribution in [2.75, 3.05) is 0 Å². The van der Waals surface area contributed by atoms with E-state index in [1.165, 1.54) is 5.56 Å². The summed E-state index contributed by atoms with van der Waals surface area (Å²) in [6.45, 7) is 4.43. The number of hydrogen-bond donors (Lipinski definition) is 0. The van der Waals surface area contributed by atoms with Crippen LogP contribution in [0.1, 0.15) is 43.0 Å². The van der Waals surface area contributed by atoms with Crippen molar-refractivity contribution in [1.29, 1.82) is 0 Å². The van der Waals surface area contributed by atoms with Crippen LogP contribution < -0.4 is 0 Å². The Labute approximate surface area is 183 Å². The van der Waals surface area contributed by atoms with E-state index in [2.05, 4.69) is 37.3 Å². The summed E-state index contributed by atoms with van der Waals surface area (Å²) in [7, 11) is 0. The summed E-state index contributed by atoms with van der Waals surface area (Å²) in [5.74, 6) is -0.153. The minimum Gasteiger partial charge on any atom is -0.272 e. The van der Waals surface area contributed by atoms with Gasteiger partial charge in [0, 0.05) is 11.6 Å². The molecule has 2 aliphatic rings. The fourth-order valence-electron chi connectivity index (χ4n) is 5.16. The molecule has 1 saturated heterocycles. The van der Waals surface area contributed by atoms with Crippen LogP contribution in [-0.4, -0.2) is 16.7 Å². The van der Waals surface area contributed by atoms with Crippen LogP contribution in [0.2, 0.25) is 0 Å². The number of hydroxylamine groups is 2. The average Bonchev–Trinajstić information content (AvgIpc) is 3.08. The molecule has 0 unspecified atom stereocenters. The molecule has 4 nitrogen and oxygen atoms in total. The molecular formula is C27H26N2O2. The van der Waals surface area contributed by atoms with Crippen molar-refractivity contribution in [2.45, 2.75) is 38.3 Å². The Morgan fingerprint density at radius 2 is 1.61 bits per heavy atom. The van der Waals surface area contributed by atoms with E-state index in [1.807, 2.05) is 61.5 Å². The maximum atomic E-state index is 13.5. The van der Waals surface area contributed by atoms with Gasteiger partial charge in [0.25, 0.3) is 0 Å². The normalized spacial score (nSPS) is 24.9. The van der Waals surface area contributed by atoms with Gasteiger partial charge in [-0.25, -0.2) is 5.06 Å². The Balaban J connectivity index is 1.64. The Hall–Kier alpha value is -3.24. The van der Waals surface area contributed by atoms with Crippen LogP contribution >= 0.6 is 0 Å². The lowest BCUT2D eigenvalue weighted by Crippen LogP contribution is -2.56. The van der Waals surface area contributed by atoms with Crippen LogP contribution in [0.4, 0.5) is 5.69 Å². The van der Waals surface area contributed by atoms with E-state index in [9.17, 15) is 4.79 Å². The molecule has 1 spiro atoms. The largest absolute Gasteiger partial charge is 0.272 e. The van der Waals surface area contributed by atoms with Gasteiger partial charge in [0.2, 0.25) is 5.91 Å². The molecule has 0 aliphatic carbocycles. The van der Waals surface area contributed by atoms with Gasteiger partial charge in [-0.1, -0.05) is 85.8 Å². The number of piperidine rings is 1. The second-order valence-corrected chi connectivity index (χ2v) is 8.53. The van der Waals surface area contributed by atoms with E-state index in [1.54, 1.807) is 5.06 Å². The highest BCUT2D eigenvalue weighted by molar-refractivity contribution is 6.02. The number of rotatable bonds is 4. The monoisotopic (exact) mass is 410 g/mol.